The van der Waals surface area contributed by atoms with Crippen LogP contribution in [0.5, 0.6) is 0 Å². The molecule has 1 heterocycles. The van der Waals surface area contributed by atoms with Crippen molar-refractivity contribution < 1.29 is 13.2 Å². The predicted molar refractivity (Wildman–Crippen MR) is 110 cm³/mol. The fourth-order valence-corrected chi connectivity index (χ4v) is 4.58. The molecule has 0 bridgehead atoms. The van der Waals surface area contributed by atoms with Gasteiger partial charge in [0, 0.05) is 24.7 Å². The minimum atomic E-state index is -3.47. The van der Waals surface area contributed by atoms with Gasteiger partial charge in [-0.15, -0.1) is 0 Å². The molecule has 0 fully saturated rings. The number of amides is 1. The summed E-state index contributed by atoms with van der Waals surface area (Å²) >= 11 is 0. The lowest BCUT2D eigenvalue weighted by molar-refractivity contribution is -0.118. The van der Waals surface area contributed by atoms with Gasteiger partial charge in [-0.1, -0.05) is 37.3 Å². The maximum atomic E-state index is 12.9. The van der Waals surface area contributed by atoms with Crippen LogP contribution in [-0.4, -0.2) is 33.2 Å². The highest BCUT2D eigenvalue weighted by Crippen LogP contribution is 2.32. The Hall–Kier alpha value is -2.34. The molecule has 1 unspecified atom stereocenters. The van der Waals surface area contributed by atoms with Crippen LogP contribution in [0.1, 0.15) is 31.4 Å². The van der Waals surface area contributed by atoms with Crippen LogP contribution in [0, 0.1) is 0 Å². The molecule has 1 aliphatic heterocycles. The number of nitrogens with zero attached hydrogens (tertiary/aromatic N) is 2. The van der Waals surface area contributed by atoms with Gasteiger partial charge in [-0.2, -0.15) is 0 Å². The van der Waals surface area contributed by atoms with Gasteiger partial charge in [-0.05, 0) is 49.1 Å². The highest BCUT2D eigenvalue weighted by Gasteiger charge is 2.31. The summed E-state index contributed by atoms with van der Waals surface area (Å²) in [5.74, 6) is -0.0497. The Morgan fingerprint density at radius 3 is 2.44 bits per heavy atom. The van der Waals surface area contributed by atoms with Crippen LogP contribution in [0.4, 0.5) is 11.4 Å². The lowest BCUT2D eigenvalue weighted by Gasteiger charge is -2.26. The Balaban J connectivity index is 1.77. The third-order valence-electron chi connectivity index (χ3n) is 5.04. The first-order valence-electron chi connectivity index (χ1n) is 9.28. The minimum absolute atomic E-state index is 0.0497. The molecule has 0 saturated carbocycles. The van der Waals surface area contributed by atoms with Crippen molar-refractivity contribution in [1.82, 2.24) is 0 Å². The number of aryl methyl sites for hydroxylation is 1. The van der Waals surface area contributed by atoms with Gasteiger partial charge < -0.3 is 4.90 Å². The minimum Gasteiger partial charge on any atom is -0.309 e. The number of carbonyl (C=O) groups excluding carboxylic acids is 1. The maximum Gasteiger partial charge on any atom is 0.232 e. The Labute approximate surface area is 161 Å². The zero-order valence-corrected chi connectivity index (χ0v) is 16.9. The van der Waals surface area contributed by atoms with E-state index in [4.69, 9.17) is 0 Å². The number of fused-ring (bicyclic) bond motifs is 1. The summed E-state index contributed by atoms with van der Waals surface area (Å²) in [6.07, 6.45) is 3.04. The molecule has 1 atom stereocenters. The molecule has 3 rings (SSSR count). The second kappa shape index (κ2) is 7.72. The SMILES string of the molecule is CCc1ccc(N(CCC(=O)N2c3ccccc3CC2C)S(C)(=O)=O)cc1. The van der Waals surface area contributed by atoms with E-state index in [0.29, 0.717) is 5.69 Å². The normalized spacial score (nSPS) is 16.3. The Bertz CT molecular complexity index is 923. The molecule has 0 aromatic heterocycles. The predicted octanol–water partition coefficient (Wildman–Crippen LogP) is 3.38. The zero-order valence-electron chi connectivity index (χ0n) is 16.1. The zero-order chi connectivity index (χ0) is 19.6. The summed E-state index contributed by atoms with van der Waals surface area (Å²) in [6, 6.07) is 15.4. The highest BCUT2D eigenvalue weighted by molar-refractivity contribution is 7.92. The number of para-hydroxylation sites is 1. The fourth-order valence-electron chi connectivity index (χ4n) is 3.65. The Morgan fingerprint density at radius 2 is 1.81 bits per heavy atom. The molecule has 6 heteroatoms. The quantitative estimate of drug-likeness (QED) is 0.765. The average molecular weight is 387 g/mol. The summed E-state index contributed by atoms with van der Waals surface area (Å²) in [5.41, 5.74) is 3.84. The Morgan fingerprint density at radius 1 is 1.15 bits per heavy atom. The lowest BCUT2D eigenvalue weighted by atomic mass is 10.1. The molecular weight excluding hydrogens is 360 g/mol. The molecule has 0 aliphatic carbocycles. The van der Waals surface area contributed by atoms with Crippen molar-refractivity contribution in [2.24, 2.45) is 0 Å². The van der Waals surface area contributed by atoms with E-state index in [9.17, 15) is 13.2 Å². The van der Waals surface area contributed by atoms with Crippen molar-refractivity contribution >= 4 is 27.3 Å². The second-order valence-electron chi connectivity index (χ2n) is 7.05. The van der Waals surface area contributed by atoms with Crippen LogP contribution >= 0.6 is 0 Å². The lowest BCUT2D eigenvalue weighted by Crippen LogP contribution is -2.39. The summed E-state index contributed by atoms with van der Waals surface area (Å²) < 4.78 is 25.9. The first-order valence-corrected chi connectivity index (χ1v) is 11.1. The van der Waals surface area contributed by atoms with E-state index in [1.807, 2.05) is 43.3 Å². The smallest absolute Gasteiger partial charge is 0.232 e. The van der Waals surface area contributed by atoms with E-state index in [-0.39, 0.29) is 24.9 Å². The number of hydrogen-bond acceptors (Lipinski definition) is 3. The summed E-state index contributed by atoms with van der Waals surface area (Å²) in [5, 5.41) is 0. The molecule has 144 valence electrons. The molecule has 0 spiro atoms. The maximum absolute atomic E-state index is 12.9. The average Bonchev–Trinajstić information content (AvgIpc) is 2.97. The van der Waals surface area contributed by atoms with Crippen molar-refractivity contribution in [3.63, 3.8) is 0 Å². The molecule has 2 aromatic carbocycles. The first kappa shape index (κ1) is 19.4. The van der Waals surface area contributed by atoms with Crippen LogP contribution < -0.4 is 9.21 Å². The monoisotopic (exact) mass is 386 g/mol. The first-order chi connectivity index (χ1) is 12.8. The number of benzene rings is 2. The molecule has 0 saturated heterocycles. The topological polar surface area (TPSA) is 57.7 Å². The largest absolute Gasteiger partial charge is 0.309 e. The Kier molecular flexibility index (Phi) is 5.56. The molecule has 2 aromatic rings. The van der Waals surface area contributed by atoms with E-state index >= 15 is 0 Å². The molecule has 27 heavy (non-hydrogen) atoms. The molecular formula is C21H26N2O3S. The molecule has 0 radical (unpaired) electrons. The third-order valence-corrected chi connectivity index (χ3v) is 6.23. The van der Waals surface area contributed by atoms with Gasteiger partial charge in [0.1, 0.15) is 0 Å². The van der Waals surface area contributed by atoms with E-state index < -0.39 is 10.0 Å². The van der Waals surface area contributed by atoms with Crippen LogP contribution in [-0.2, 0) is 27.7 Å². The van der Waals surface area contributed by atoms with E-state index in [0.717, 1.165) is 29.7 Å². The van der Waals surface area contributed by atoms with Crippen LogP contribution in [0.3, 0.4) is 0 Å². The second-order valence-corrected chi connectivity index (χ2v) is 8.96. The molecule has 0 N–H and O–H groups in total. The molecule has 1 aliphatic rings. The van der Waals surface area contributed by atoms with Gasteiger partial charge >= 0.3 is 0 Å². The number of hydrogen-bond donors (Lipinski definition) is 0. The van der Waals surface area contributed by atoms with Crippen molar-refractivity contribution in [1.29, 1.82) is 0 Å². The van der Waals surface area contributed by atoms with Crippen molar-refractivity contribution in [3.8, 4) is 0 Å². The van der Waals surface area contributed by atoms with Crippen molar-refractivity contribution in [2.75, 3.05) is 22.0 Å². The van der Waals surface area contributed by atoms with Gasteiger partial charge in [0.25, 0.3) is 0 Å². The summed E-state index contributed by atoms with van der Waals surface area (Å²) in [6.45, 7) is 4.21. The van der Waals surface area contributed by atoms with Crippen LogP contribution in [0.2, 0.25) is 0 Å². The van der Waals surface area contributed by atoms with Crippen molar-refractivity contribution in [3.05, 3.63) is 59.7 Å². The van der Waals surface area contributed by atoms with E-state index in [1.54, 1.807) is 17.0 Å². The van der Waals surface area contributed by atoms with Gasteiger partial charge in [-0.3, -0.25) is 9.10 Å². The van der Waals surface area contributed by atoms with Crippen LogP contribution in [0.15, 0.2) is 48.5 Å². The van der Waals surface area contributed by atoms with Gasteiger partial charge in [-0.25, -0.2) is 8.42 Å². The van der Waals surface area contributed by atoms with E-state index in [1.165, 1.54) is 10.6 Å². The summed E-state index contributed by atoms with van der Waals surface area (Å²) in [7, 11) is -3.47. The van der Waals surface area contributed by atoms with Crippen molar-refractivity contribution in [2.45, 2.75) is 39.2 Å². The highest BCUT2D eigenvalue weighted by atomic mass is 32.2. The number of rotatable bonds is 6. The standard InChI is InChI=1S/C21H26N2O3S/c1-4-17-9-11-19(12-10-17)22(27(3,25)26)14-13-21(24)23-16(2)15-18-7-5-6-8-20(18)23/h5-12,16H,4,13-15H2,1-3H3. The summed E-state index contributed by atoms with van der Waals surface area (Å²) in [4.78, 5) is 14.7. The third kappa shape index (κ3) is 4.16. The fraction of sp³-hybridized carbons (Fsp3) is 0.381. The van der Waals surface area contributed by atoms with E-state index in [2.05, 4.69) is 6.92 Å². The molecule has 1 amide bonds. The van der Waals surface area contributed by atoms with Crippen LogP contribution in [0.25, 0.3) is 0 Å². The number of anilines is 2. The number of carbonyl (C=O) groups is 1. The van der Waals surface area contributed by atoms with Gasteiger partial charge in [0.05, 0.1) is 11.9 Å². The molecule has 5 nitrogen and oxygen atoms in total. The number of sulfonamides is 1. The van der Waals surface area contributed by atoms with Gasteiger partial charge in [0.15, 0.2) is 0 Å². The van der Waals surface area contributed by atoms with Gasteiger partial charge in [0.2, 0.25) is 15.9 Å².